The smallest absolute Gasteiger partial charge is 0.230 e. The van der Waals surface area contributed by atoms with E-state index in [1.807, 2.05) is 47.4 Å². The van der Waals surface area contributed by atoms with Gasteiger partial charge in [-0.3, -0.25) is 9.59 Å². The van der Waals surface area contributed by atoms with Gasteiger partial charge in [0.2, 0.25) is 11.8 Å². The molecule has 80 heavy (non-hydrogen) atoms. The van der Waals surface area contributed by atoms with Crippen LogP contribution in [0, 0.1) is 61.7 Å². The van der Waals surface area contributed by atoms with Gasteiger partial charge in [-0.25, -0.2) is 4.98 Å². The summed E-state index contributed by atoms with van der Waals surface area (Å²) in [7, 11) is 1.63. The lowest BCUT2D eigenvalue weighted by Gasteiger charge is -2.41. The molecule has 0 saturated heterocycles. The van der Waals surface area contributed by atoms with Crippen LogP contribution in [0.15, 0.2) is 91.3 Å². The van der Waals surface area contributed by atoms with E-state index >= 15 is 0 Å². The van der Waals surface area contributed by atoms with Gasteiger partial charge in [0, 0.05) is 53.5 Å². The van der Waals surface area contributed by atoms with E-state index in [4.69, 9.17) is 20.3 Å². The highest BCUT2D eigenvalue weighted by Gasteiger charge is 2.41. The molecule has 426 valence electrons. The number of aliphatic hydroxyl groups is 1. The SMILES string of the molecule is C#Cc1cccc(N(CC2CCC(c3ccc(OC)c(C)c3)CC2)C(=O)C2CCC(O[Si](C)(C)C(C)(C)C)CC2)c1.COc1ccc(C2CCC(CN(C(=O)C3CCC(O)CC3)c3cccc(C#Cc4ncns4)c3)CC2)cc1C. The second kappa shape index (κ2) is 27.8. The number of aryl methyl sites for hydroxylation is 2. The lowest BCUT2D eigenvalue weighted by Crippen LogP contribution is -2.46. The number of hydrogen-bond donors (Lipinski definition) is 1. The molecule has 1 aromatic heterocycles. The van der Waals surface area contributed by atoms with Crippen molar-refractivity contribution in [2.75, 3.05) is 37.1 Å². The summed E-state index contributed by atoms with van der Waals surface area (Å²) in [4.78, 5) is 36.3. The number of carbonyl (C=O) groups excluding carboxylic acids is 2. The minimum atomic E-state index is -1.81. The summed E-state index contributed by atoms with van der Waals surface area (Å²) in [5.41, 5.74) is 8.71. The predicted molar refractivity (Wildman–Crippen MR) is 328 cm³/mol. The van der Waals surface area contributed by atoms with E-state index in [0.717, 1.165) is 137 Å². The molecule has 0 radical (unpaired) electrons. The molecule has 10 nitrogen and oxygen atoms in total. The highest BCUT2D eigenvalue weighted by molar-refractivity contribution is 7.05. The molecule has 0 unspecified atom stereocenters. The Kier molecular flexibility index (Phi) is 21.0. The van der Waals surface area contributed by atoms with Crippen molar-refractivity contribution < 1.29 is 28.6 Å². The number of rotatable bonds is 14. The molecule has 0 spiro atoms. The lowest BCUT2D eigenvalue weighted by molar-refractivity contribution is -0.124. The number of terminal acetylenes is 1. The number of aliphatic hydroxyl groups excluding tert-OH is 1. The summed E-state index contributed by atoms with van der Waals surface area (Å²) < 4.78 is 21.6. The van der Waals surface area contributed by atoms with Gasteiger partial charge in [0.1, 0.15) is 17.8 Å². The summed E-state index contributed by atoms with van der Waals surface area (Å²) in [6.07, 6.45) is 22.9. The van der Waals surface area contributed by atoms with E-state index < -0.39 is 8.32 Å². The van der Waals surface area contributed by atoms with Crippen LogP contribution >= 0.6 is 11.5 Å². The summed E-state index contributed by atoms with van der Waals surface area (Å²) >= 11 is 1.27. The number of methoxy groups -OCH3 is 2. The molecule has 4 aliphatic carbocycles. The maximum atomic E-state index is 14.1. The molecule has 1 heterocycles. The van der Waals surface area contributed by atoms with Gasteiger partial charge >= 0.3 is 0 Å². The second-order valence-corrected chi connectivity index (χ2v) is 30.4. The molecule has 5 aromatic rings. The van der Waals surface area contributed by atoms with Crippen LogP contribution in [-0.2, 0) is 14.0 Å². The normalized spacial score (nSPS) is 23.2. The van der Waals surface area contributed by atoms with Crippen molar-refractivity contribution in [3.05, 3.63) is 130 Å². The van der Waals surface area contributed by atoms with Crippen molar-refractivity contribution >= 4 is 43.0 Å². The summed E-state index contributed by atoms with van der Waals surface area (Å²) in [6.45, 7) is 17.3. The zero-order chi connectivity index (χ0) is 57.0. The van der Waals surface area contributed by atoms with Gasteiger partial charge in [-0.1, -0.05) is 69.0 Å². The maximum Gasteiger partial charge on any atom is 0.230 e. The Hall–Kier alpha value is -5.76. The largest absolute Gasteiger partial charge is 0.496 e. The molecule has 12 heteroatoms. The molecular weight excluding hydrogens is 1030 g/mol. The monoisotopic (exact) mass is 1120 g/mol. The van der Waals surface area contributed by atoms with Gasteiger partial charge in [0.25, 0.3) is 0 Å². The van der Waals surface area contributed by atoms with Crippen LogP contribution in [0.3, 0.4) is 0 Å². The maximum absolute atomic E-state index is 14.1. The summed E-state index contributed by atoms with van der Waals surface area (Å²) in [5, 5.41) is 10.9. The van der Waals surface area contributed by atoms with E-state index in [-0.39, 0.29) is 40.9 Å². The van der Waals surface area contributed by atoms with Gasteiger partial charge in [-0.2, -0.15) is 4.37 Å². The number of anilines is 2. The quantitative estimate of drug-likeness (QED) is 0.0864. The number of amides is 2. The van der Waals surface area contributed by atoms with Crippen molar-refractivity contribution in [3.8, 4) is 35.7 Å². The standard InChI is InChI=1S/C36H51NO3Si.C32H37N3O3S/c1-9-27-11-10-12-32(24-27)37(35(38)30-17-20-33(21-18-30)40-41(7,8)36(3,4)5)25-28-13-15-29(16-14-28)31-19-22-34(39-6)26(2)23-31;1-22-18-27(13-16-30(22)38-2)25-9-6-24(7-10-25)20-35(32(37)26-11-14-29(36)15-12-26)28-5-3-4-23(19-28)8-17-31-33-21-34-39-31/h1,10-12,19,22-24,28-30,33H,13-18,20-21,25H2,2-8H3;3-5,13,16,18-19,21,24-26,29,36H,6-7,9-12,14-15,20H2,1-2H3. The van der Waals surface area contributed by atoms with Crippen molar-refractivity contribution in [3.63, 3.8) is 0 Å². The van der Waals surface area contributed by atoms with Crippen LogP contribution < -0.4 is 19.3 Å². The van der Waals surface area contributed by atoms with Crippen LogP contribution in [0.5, 0.6) is 11.5 Å². The van der Waals surface area contributed by atoms with E-state index in [9.17, 15) is 14.7 Å². The third-order valence-corrected chi connectivity index (χ3v) is 23.5. The third-order valence-electron chi connectivity index (χ3n) is 18.4. The number of ether oxygens (including phenoxy) is 2. The van der Waals surface area contributed by atoms with Crippen LogP contribution in [0.4, 0.5) is 11.4 Å². The number of nitrogens with zero attached hydrogens (tertiary/aromatic N) is 4. The highest BCUT2D eigenvalue weighted by Crippen LogP contribution is 2.43. The van der Waals surface area contributed by atoms with Crippen molar-refractivity contribution in [1.29, 1.82) is 0 Å². The van der Waals surface area contributed by atoms with Crippen molar-refractivity contribution in [1.82, 2.24) is 9.36 Å². The molecule has 9 rings (SSSR count). The fraction of sp³-hybridized carbons (Fsp3) is 0.529. The molecule has 0 aliphatic heterocycles. The van der Waals surface area contributed by atoms with E-state index in [0.29, 0.717) is 41.5 Å². The van der Waals surface area contributed by atoms with Crippen LogP contribution in [-0.4, -0.2) is 74.1 Å². The first-order valence-electron chi connectivity index (χ1n) is 29.6. The Labute approximate surface area is 484 Å². The first-order valence-corrected chi connectivity index (χ1v) is 33.3. The summed E-state index contributed by atoms with van der Waals surface area (Å²) in [6, 6.07) is 29.2. The second-order valence-electron chi connectivity index (χ2n) is 24.9. The van der Waals surface area contributed by atoms with Gasteiger partial charge in [0.15, 0.2) is 13.3 Å². The Morgan fingerprint density at radius 2 is 1.12 bits per heavy atom. The summed E-state index contributed by atoms with van der Waals surface area (Å²) in [5.74, 6) is 13.4. The number of hydrogen-bond acceptors (Lipinski definition) is 9. The first-order chi connectivity index (χ1) is 38.4. The molecule has 1 N–H and O–H groups in total. The number of benzene rings is 4. The molecular formula is C68H88N4O6SSi. The van der Waals surface area contributed by atoms with E-state index in [1.165, 1.54) is 40.1 Å². The third kappa shape index (κ3) is 15.8. The van der Waals surface area contributed by atoms with Gasteiger partial charge in [0.05, 0.1) is 20.3 Å². The molecule has 4 fully saturated rings. The van der Waals surface area contributed by atoms with Crippen molar-refractivity contribution in [2.24, 2.45) is 23.7 Å². The topological polar surface area (TPSA) is 114 Å². The lowest BCUT2D eigenvalue weighted by atomic mass is 9.78. The highest BCUT2D eigenvalue weighted by atomic mass is 32.1. The molecule has 4 aromatic carbocycles. The minimum Gasteiger partial charge on any atom is -0.496 e. The van der Waals surface area contributed by atoms with Gasteiger partial charge in [-0.05, 0) is 247 Å². The average Bonchev–Trinajstić information content (AvgIpc) is 4.02. The van der Waals surface area contributed by atoms with Crippen LogP contribution in [0.1, 0.15) is 174 Å². The molecule has 4 saturated carbocycles. The van der Waals surface area contributed by atoms with E-state index in [1.54, 1.807) is 14.2 Å². The predicted octanol–water partition coefficient (Wildman–Crippen LogP) is 15.0. The van der Waals surface area contributed by atoms with Crippen molar-refractivity contribution in [2.45, 2.75) is 180 Å². The molecule has 2 amide bonds. The minimum absolute atomic E-state index is 0.0388. The first kappa shape index (κ1) is 60.3. The fourth-order valence-corrected chi connectivity index (χ4v) is 14.3. The Bertz CT molecular complexity index is 2940. The van der Waals surface area contributed by atoms with Crippen LogP contribution in [0.25, 0.3) is 0 Å². The Morgan fingerprint density at radius 3 is 1.56 bits per heavy atom. The van der Waals surface area contributed by atoms with Crippen LogP contribution in [0.2, 0.25) is 18.1 Å². The van der Waals surface area contributed by atoms with E-state index in [2.05, 4.69) is 122 Å². The Balaban J connectivity index is 0.000000210. The number of aromatic nitrogens is 2. The molecule has 0 bridgehead atoms. The van der Waals surface area contributed by atoms with Gasteiger partial charge < -0.3 is 28.8 Å². The molecule has 0 atom stereocenters. The fourth-order valence-electron chi connectivity index (χ4n) is 12.5. The zero-order valence-electron chi connectivity index (χ0n) is 49.3. The average molecular weight is 1120 g/mol. The zero-order valence-corrected chi connectivity index (χ0v) is 51.1. The Morgan fingerprint density at radius 1 is 0.650 bits per heavy atom. The van der Waals surface area contributed by atoms with Gasteiger partial charge in [-0.15, -0.1) is 6.42 Å². The number of carbonyl (C=O) groups is 2. The molecule has 4 aliphatic rings.